The van der Waals surface area contributed by atoms with E-state index < -0.39 is 18.1 Å². The van der Waals surface area contributed by atoms with E-state index in [0.717, 1.165) is 0 Å². The van der Waals surface area contributed by atoms with Crippen molar-refractivity contribution in [3.8, 4) is 6.07 Å². The predicted molar refractivity (Wildman–Crippen MR) is 66.4 cm³/mol. The van der Waals surface area contributed by atoms with Crippen LogP contribution < -0.4 is 0 Å². The van der Waals surface area contributed by atoms with Gasteiger partial charge in [0.1, 0.15) is 12.2 Å². The summed E-state index contributed by atoms with van der Waals surface area (Å²) in [5.74, 6) is -0.464. The van der Waals surface area contributed by atoms with Gasteiger partial charge >= 0.3 is 0 Å². The molecule has 1 heterocycles. The fourth-order valence-corrected chi connectivity index (χ4v) is 2.34. The molecule has 6 heteroatoms. The number of nitriles is 1. The SMILES string of the molecule is N#CC1CC(F)CN1C(=O)c1cccc(Cl)c1Cl. The fraction of sp³-hybridized carbons (Fsp3) is 0.333. The summed E-state index contributed by atoms with van der Waals surface area (Å²) in [6, 6.07) is 5.83. The Morgan fingerprint density at radius 1 is 1.50 bits per heavy atom. The second-order valence-electron chi connectivity index (χ2n) is 4.04. The predicted octanol–water partition coefficient (Wildman–Crippen LogP) is 3.07. The van der Waals surface area contributed by atoms with E-state index in [1.807, 2.05) is 6.07 Å². The maximum atomic E-state index is 13.3. The minimum absolute atomic E-state index is 0.0421. The highest BCUT2D eigenvalue weighted by Crippen LogP contribution is 2.29. The van der Waals surface area contributed by atoms with E-state index in [2.05, 4.69) is 0 Å². The van der Waals surface area contributed by atoms with Gasteiger partial charge in [-0.05, 0) is 12.1 Å². The van der Waals surface area contributed by atoms with Crippen molar-refractivity contribution in [2.24, 2.45) is 0 Å². The maximum absolute atomic E-state index is 13.3. The summed E-state index contributed by atoms with van der Waals surface area (Å²) < 4.78 is 13.3. The molecule has 0 radical (unpaired) electrons. The smallest absolute Gasteiger partial charge is 0.256 e. The van der Waals surface area contributed by atoms with Crippen LogP contribution >= 0.6 is 23.2 Å². The first-order valence-corrected chi connectivity index (χ1v) is 6.09. The molecule has 1 aromatic rings. The average Bonchev–Trinajstić information content (AvgIpc) is 2.73. The molecule has 94 valence electrons. The van der Waals surface area contributed by atoms with Crippen molar-refractivity contribution in [3.05, 3.63) is 33.8 Å². The molecule has 1 amide bonds. The molecule has 2 unspecified atom stereocenters. The van der Waals surface area contributed by atoms with Gasteiger partial charge in [0.05, 0.1) is 28.2 Å². The van der Waals surface area contributed by atoms with Gasteiger partial charge in [-0.3, -0.25) is 4.79 Å². The summed E-state index contributed by atoms with van der Waals surface area (Å²) in [6.07, 6.45) is -1.13. The van der Waals surface area contributed by atoms with Gasteiger partial charge in [-0.2, -0.15) is 5.26 Å². The number of nitrogens with zero attached hydrogens (tertiary/aromatic N) is 2. The topological polar surface area (TPSA) is 44.1 Å². The summed E-state index contributed by atoms with van der Waals surface area (Å²) in [4.78, 5) is 13.4. The number of benzene rings is 1. The van der Waals surface area contributed by atoms with Crippen LogP contribution in [-0.2, 0) is 0 Å². The molecule has 1 aliphatic rings. The van der Waals surface area contributed by atoms with Crippen molar-refractivity contribution in [3.63, 3.8) is 0 Å². The molecule has 0 saturated carbocycles. The molecule has 0 bridgehead atoms. The summed E-state index contributed by atoms with van der Waals surface area (Å²) >= 11 is 11.8. The highest BCUT2D eigenvalue weighted by atomic mass is 35.5. The molecule has 1 saturated heterocycles. The Kier molecular flexibility index (Phi) is 3.74. The van der Waals surface area contributed by atoms with E-state index >= 15 is 0 Å². The van der Waals surface area contributed by atoms with E-state index in [1.165, 1.54) is 11.0 Å². The number of hydrogen-bond donors (Lipinski definition) is 0. The number of halogens is 3. The Hall–Kier alpha value is -1.31. The number of amides is 1. The quantitative estimate of drug-likeness (QED) is 0.796. The van der Waals surface area contributed by atoms with Crippen molar-refractivity contribution in [2.45, 2.75) is 18.6 Å². The third kappa shape index (κ3) is 2.29. The lowest BCUT2D eigenvalue weighted by Crippen LogP contribution is -2.35. The largest absolute Gasteiger partial charge is 0.320 e. The van der Waals surface area contributed by atoms with E-state index in [0.29, 0.717) is 0 Å². The van der Waals surface area contributed by atoms with Gasteiger partial charge in [-0.15, -0.1) is 0 Å². The Morgan fingerprint density at radius 3 is 2.89 bits per heavy atom. The molecule has 1 aliphatic heterocycles. The summed E-state index contributed by atoms with van der Waals surface area (Å²) in [5, 5.41) is 9.29. The first-order chi connectivity index (χ1) is 8.54. The van der Waals surface area contributed by atoms with E-state index in [1.54, 1.807) is 12.1 Å². The number of carbonyl (C=O) groups excluding carboxylic acids is 1. The molecule has 0 aromatic heterocycles. The maximum Gasteiger partial charge on any atom is 0.256 e. The lowest BCUT2D eigenvalue weighted by Gasteiger charge is -2.19. The minimum Gasteiger partial charge on any atom is -0.320 e. The second-order valence-corrected chi connectivity index (χ2v) is 4.82. The molecule has 0 aliphatic carbocycles. The van der Waals surface area contributed by atoms with Crippen LogP contribution in [0.4, 0.5) is 4.39 Å². The van der Waals surface area contributed by atoms with Gasteiger partial charge in [0.25, 0.3) is 5.91 Å². The van der Waals surface area contributed by atoms with Gasteiger partial charge in [0.2, 0.25) is 0 Å². The number of hydrogen-bond acceptors (Lipinski definition) is 2. The van der Waals surface area contributed by atoms with Crippen LogP contribution in [0.1, 0.15) is 16.8 Å². The standard InChI is InChI=1S/C12H9Cl2FN2O/c13-10-3-1-2-9(11(10)14)12(18)17-6-7(15)4-8(17)5-16/h1-3,7-8H,4,6H2. The van der Waals surface area contributed by atoms with Crippen molar-refractivity contribution >= 4 is 29.1 Å². The number of likely N-dealkylation sites (tertiary alicyclic amines) is 1. The van der Waals surface area contributed by atoms with Crippen LogP contribution in [0.15, 0.2) is 18.2 Å². The molecule has 3 nitrogen and oxygen atoms in total. The number of rotatable bonds is 1. The summed E-state index contributed by atoms with van der Waals surface area (Å²) in [7, 11) is 0. The number of alkyl halides is 1. The molecule has 1 fully saturated rings. The van der Waals surface area contributed by atoms with E-state index in [4.69, 9.17) is 28.5 Å². The van der Waals surface area contributed by atoms with Crippen molar-refractivity contribution in [2.75, 3.05) is 6.54 Å². The molecule has 18 heavy (non-hydrogen) atoms. The molecule has 2 atom stereocenters. The zero-order valence-electron chi connectivity index (χ0n) is 9.24. The molecular weight excluding hydrogens is 278 g/mol. The minimum atomic E-state index is -1.17. The van der Waals surface area contributed by atoms with Crippen LogP contribution in [-0.4, -0.2) is 29.6 Å². The van der Waals surface area contributed by atoms with E-state index in [9.17, 15) is 9.18 Å². The first kappa shape index (κ1) is 13.1. The fourth-order valence-electron chi connectivity index (χ4n) is 1.96. The number of carbonyl (C=O) groups is 1. The van der Waals surface area contributed by atoms with Crippen LogP contribution in [0.25, 0.3) is 0 Å². The molecule has 0 spiro atoms. The lowest BCUT2D eigenvalue weighted by atomic mass is 10.1. The van der Waals surface area contributed by atoms with Gasteiger partial charge in [-0.1, -0.05) is 29.3 Å². The zero-order chi connectivity index (χ0) is 13.3. The van der Waals surface area contributed by atoms with Crippen molar-refractivity contribution in [1.82, 2.24) is 4.90 Å². The van der Waals surface area contributed by atoms with Gasteiger partial charge in [-0.25, -0.2) is 4.39 Å². The van der Waals surface area contributed by atoms with Crippen molar-refractivity contribution < 1.29 is 9.18 Å². The van der Waals surface area contributed by atoms with Crippen LogP contribution in [0.3, 0.4) is 0 Å². The Bertz CT molecular complexity index is 529. The second kappa shape index (κ2) is 5.13. The summed E-state index contributed by atoms with van der Waals surface area (Å²) in [6.45, 7) is -0.0834. The van der Waals surface area contributed by atoms with Crippen LogP contribution in [0.2, 0.25) is 10.0 Å². The normalized spacial score (nSPS) is 22.9. The molecule has 0 N–H and O–H groups in total. The van der Waals surface area contributed by atoms with Crippen LogP contribution in [0.5, 0.6) is 0 Å². The highest BCUT2D eigenvalue weighted by Gasteiger charge is 2.36. The Labute approximate surface area is 114 Å². The third-order valence-electron chi connectivity index (χ3n) is 2.84. The Balaban J connectivity index is 2.32. The van der Waals surface area contributed by atoms with Gasteiger partial charge < -0.3 is 4.90 Å². The Morgan fingerprint density at radius 2 is 2.22 bits per heavy atom. The monoisotopic (exact) mass is 286 g/mol. The molecule has 1 aromatic carbocycles. The van der Waals surface area contributed by atoms with Crippen LogP contribution in [0, 0.1) is 11.3 Å². The molecule has 2 rings (SSSR count). The zero-order valence-corrected chi connectivity index (χ0v) is 10.7. The summed E-state index contributed by atoms with van der Waals surface area (Å²) in [5.41, 5.74) is 0.193. The first-order valence-electron chi connectivity index (χ1n) is 5.33. The lowest BCUT2D eigenvalue weighted by molar-refractivity contribution is 0.0756. The van der Waals surface area contributed by atoms with Crippen molar-refractivity contribution in [1.29, 1.82) is 5.26 Å². The highest BCUT2D eigenvalue weighted by molar-refractivity contribution is 6.43. The third-order valence-corrected chi connectivity index (χ3v) is 3.66. The van der Waals surface area contributed by atoms with Gasteiger partial charge in [0.15, 0.2) is 0 Å². The van der Waals surface area contributed by atoms with E-state index in [-0.39, 0.29) is 28.6 Å². The average molecular weight is 287 g/mol. The molecular formula is C12H9Cl2FN2O. The van der Waals surface area contributed by atoms with Gasteiger partial charge in [0, 0.05) is 6.42 Å².